The van der Waals surface area contributed by atoms with Crippen LogP contribution in [-0.2, 0) is 16.0 Å². The smallest absolute Gasteiger partial charge is 0.497 e. The van der Waals surface area contributed by atoms with E-state index in [4.69, 9.17) is 26.2 Å². The van der Waals surface area contributed by atoms with Gasteiger partial charge >= 0.3 is 12.3 Å². The number of nitrogens with zero attached hydrogens (tertiary/aromatic N) is 1. The van der Waals surface area contributed by atoms with E-state index in [0.29, 0.717) is 59.3 Å². The zero-order chi connectivity index (χ0) is 30.0. The average Bonchev–Trinajstić information content (AvgIpc) is 3.33. The van der Waals surface area contributed by atoms with Crippen LogP contribution >= 0.6 is 11.6 Å². The second-order valence-corrected chi connectivity index (χ2v) is 10.7. The Labute approximate surface area is 244 Å². The number of aliphatic carboxylic acids is 1. The lowest BCUT2D eigenvalue weighted by atomic mass is 9.75. The molecule has 5 rings (SSSR count). The first-order valence-electron chi connectivity index (χ1n) is 13.3. The van der Waals surface area contributed by atoms with E-state index in [-0.39, 0.29) is 24.3 Å². The van der Waals surface area contributed by atoms with Crippen molar-refractivity contribution in [2.75, 3.05) is 30.5 Å². The Morgan fingerprint density at radius 3 is 2.43 bits per heavy atom. The lowest BCUT2D eigenvalue weighted by Crippen LogP contribution is -2.37. The summed E-state index contributed by atoms with van der Waals surface area (Å²) in [5.74, 6) is -0.889. The molecule has 0 spiro atoms. The van der Waals surface area contributed by atoms with Crippen molar-refractivity contribution in [2.24, 2.45) is 11.8 Å². The summed E-state index contributed by atoms with van der Waals surface area (Å²) in [6.45, 7) is 0.615. The molecule has 1 fully saturated rings. The Morgan fingerprint density at radius 2 is 1.76 bits per heavy atom. The number of fused-ring (bicyclic) bond motifs is 1. The van der Waals surface area contributed by atoms with Crippen LogP contribution in [0.15, 0.2) is 60.7 Å². The van der Waals surface area contributed by atoms with E-state index in [9.17, 15) is 22.8 Å². The number of benzene rings is 3. The van der Waals surface area contributed by atoms with Crippen LogP contribution in [0.25, 0.3) is 0 Å². The Bertz CT molecular complexity index is 1460. The second kappa shape index (κ2) is 12.0. The number of anilines is 2. The highest BCUT2D eigenvalue weighted by atomic mass is 35.5. The van der Waals surface area contributed by atoms with E-state index in [1.165, 1.54) is 30.2 Å². The molecule has 3 aromatic rings. The van der Waals surface area contributed by atoms with Crippen LogP contribution in [0.1, 0.15) is 30.0 Å². The number of carbonyl (C=O) groups excluding carboxylic acids is 1. The standard InChI is InChI=1S/C30H28ClF3N2O6/c1-40-24-12-22(13-25(14-24)41-16-17-10-20(11-17)29(38)39)35-27(19-2-5-21(31)6-3-19)28(37)36-9-8-18-4-7-23(15-26(18)36)42-30(32,33)34/h2-7,12-15,17,20,27,35H,8-11,16H2,1H3,(H,38,39)/t17-,20-,27?. The van der Waals surface area contributed by atoms with Gasteiger partial charge in [-0.2, -0.15) is 0 Å². The fraction of sp³-hybridized carbons (Fsp3) is 0.333. The Kier molecular flexibility index (Phi) is 8.40. The Balaban J connectivity index is 1.40. The summed E-state index contributed by atoms with van der Waals surface area (Å²) < 4.78 is 54.1. The number of amides is 1. The largest absolute Gasteiger partial charge is 0.573 e. The number of methoxy groups -OCH3 is 1. The summed E-state index contributed by atoms with van der Waals surface area (Å²) in [6.07, 6.45) is -3.30. The number of ether oxygens (including phenoxy) is 3. The molecule has 1 aliphatic carbocycles. The third-order valence-electron chi connectivity index (χ3n) is 7.40. The molecule has 1 aliphatic heterocycles. The minimum absolute atomic E-state index is 0.124. The van der Waals surface area contributed by atoms with E-state index in [2.05, 4.69) is 10.1 Å². The number of halogens is 4. The summed E-state index contributed by atoms with van der Waals surface area (Å²) >= 11 is 6.10. The normalized spacial score (nSPS) is 18.5. The van der Waals surface area contributed by atoms with Crippen molar-refractivity contribution in [3.05, 3.63) is 76.8 Å². The van der Waals surface area contributed by atoms with Crippen molar-refractivity contribution in [2.45, 2.75) is 31.7 Å². The van der Waals surface area contributed by atoms with Gasteiger partial charge in [0.2, 0.25) is 0 Å². The first-order valence-corrected chi connectivity index (χ1v) is 13.6. The number of hydrogen-bond acceptors (Lipinski definition) is 6. The summed E-state index contributed by atoms with van der Waals surface area (Å²) in [4.78, 5) is 26.6. The van der Waals surface area contributed by atoms with Gasteiger partial charge in [-0.25, -0.2) is 0 Å². The van der Waals surface area contributed by atoms with Crippen molar-refractivity contribution < 1.29 is 42.1 Å². The minimum atomic E-state index is -4.86. The van der Waals surface area contributed by atoms with Gasteiger partial charge in [0.25, 0.3) is 5.91 Å². The van der Waals surface area contributed by atoms with Crippen LogP contribution in [-0.4, -0.2) is 43.6 Å². The van der Waals surface area contributed by atoms with Crippen molar-refractivity contribution in [1.82, 2.24) is 0 Å². The van der Waals surface area contributed by atoms with Gasteiger partial charge < -0.3 is 29.5 Å². The van der Waals surface area contributed by atoms with E-state index < -0.39 is 24.1 Å². The predicted molar refractivity (Wildman–Crippen MR) is 149 cm³/mol. The number of nitrogens with one attached hydrogen (secondary N) is 1. The number of carboxylic acid groups (broad SMARTS) is 1. The maximum atomic E-state index is 14.0. The van der Waals surface area contributed by atoms with E-state index >= 15 is 0 Å². The van der Waals surface area contributed by atoms with Gasteiger partial charge in [-0.3, -0.25) is 9.59 Å². The highest BCUT2D eigenvalue weighted by Crippen LogP contribution is 2.38. The quantitative estimate of drug-likeness (QED) is 0.273. The molecule has 1 atom stereocenters. The highest BCUT2D eigenvalue weighted by Gasteiger charge is 2.36. The van der Waals surface area contributed by atoms with Gasteiger partial charge in [0.05, 0.1) is 25.3 Å². The SMILES string of the molecule is COc1cc(NC(C(=O)N2CCc3ccc(OC(F)(F)F)cc32)c2ccc(Cl)cc2)cc(OC[C@H]2C[C@H](C(=O)O)C2)c1. The summed E-state index contributed by atoms with van der Waals surface area (Å²) in [5.41, 5.74) is 2.16. The molecule has 2 N–H and O–H groups in total. The lowest BCUT2D eigenvalue weighted by Gasteiger charge is -2.32. The molecule has 222 valence electrons. The van der Waals surface area contributed by atoms with Crippen LogP contribution in [0.5, 0.6) is 17.2 Å². The molecule has 2 aliphatic rings. The van der Waals surface area contributed by atoms with E-state index in [1.54, 1.807) is 42.5 Å². The topological polar surface area (TPSA) is 97.3 Å². The summed E-state index contributed by atoms with van der Waals surface area (Å²) in [7, 11) is 1.50. The Hall–Kier alpha value is -4.12. The lowest BCUT2D eigenvalue weighted by molar-refractivity contribution is -0.274. The van der Waals surface area contributed by atoms with E-state index in [1.807, 2.05) is 0 Å². The van der Waals surface area contributed by atoms with Crippen LogP contribution in [0.4, 0.5) is 24.5 Å². The van der Waals surface area contributed by atoms with Gasteiger partial charge in [-0.15, -0.1) is 13.2 Å². The molecule has 0 radical (unpaired) electrons. The van der Waals surface area contributed by atoms with Crippen molar-refractivity contribution in [3.8, 4) is 17.2 Å². The molecule has 1 saturated carbocycles. The van der Waals surface area contributed by atoms with Gasteiger partial charge in [-0.05, 0) is 54.5 Å². The van der Waals surface area contributed by atoms with Crippen molar-refractivity contribution >= 4 is 34.9 Å². The number of carbonyl (C=O) groups is 2. The molecule has 1 amide bonds. The minimum Gasteiger partial charge on any atom is -0.497 e. The molecular formula is C30H28ClF3N2O6. The van der Waals surface area contributed by atoms with Gasteiger partial charge in [0.1, 0.15) is 23.3 Å². The van der Waals surface area contributed by atoms with Crippen molar-refractivity contribution in [3.63, 3.8) is 0 Å². The van der Waals surface area contributed by atoms with Gasteiger partial charge in [0.15, 0.2) is 0 Å². The second-order valence-electron chi connectivity index (χ2n) is 10.3. The fourth-order valence-corrected chi connectivity index (χ4v) is 5.32. The molecular weight excluding hydrogens is 577 g/mol. The molecule has 0 aromatic heterocycles. The number of carboxylic acids is 1. The van der Waals surface area contributed by atoms with Crippen LogP contribution in [0.3, 0.4) is 0 Å². The van der Waals surface area contributed by atoms with Crippen LogP contribution < -0.4 is 24.4 Å². The molecule has 3 aromatic carbocycles. The maximum Gasteiger partial charge on any atom is 0.573 e. The highest BCUT2D eigenvalue weighted by molar-refractivity contribution is 6.30. The van der Waals surface area contributed by atoms with Gasteiger partial charge in [-0.1, -0.05) is 29.8 Å². The first kappa shape index (κ1) is 29.4. The molecule has 42 heavy (non-hydrogen) atoms. The molecule has 12 heteroatoms. The van der Waals surface area contributed by atoms with E-state index in [0.717, 1.165) is 5.56 Å². The zero-order valence-electron chi connectivity index (χ0n) is 22.5. The molecule has 1 heterocycles. The van der Waals surface area contributed by atoms with Crippen LogP contribution in [0, 0.1) is 11.8 Å². The number of rotatable bonds is 10. The molecule has 0 bridgehead atoms. The number of hydrogen-bond donors (Lipinski definition) is 2. The van der Waals surface area contributed by atoms with Crippen molar-refractivity contribution in [1.29, 1.82) is 0 Å². The molecule has 8 nitrogen and oxygen atoms in total. The zero-order valence-corrected chi connectivity index (χ0v) is 23.2. The van der Waals surface area contributed by atoms with Crippen LogP contribution in [0.2, 0.25) is 5.02 Å². The third kappa shape index (κ3) is 6.84. The monoisotopic (exact) mass is 604 g/mol. The first-order chi connectivity index (χ1) is 20.0. The fourth-order valence-electron chi connectivity index (χ4n) is 5.19. The average molecular weight is 605 g/mol. The number of alkyl halides is 3. The predicted octanol–water partition coefficient (Wildman–Crippen LogP) is 6.48. The summed E-state index contributed by atoms with van der Waals surface area (Å²) in [6, 6.07) is 14.8. The summed E-state index contributed by atoms with van der Waals surface area (Å²) in [5, 5.41) is 12.8. The van der Waals surface area contributed by atoms with Gasteiger partial charge in [0, 0.05) is 41.5 Å². The third-order valence-corrected chi connectivity index (χ3v) is 7.65. The molecule has 1 unspecified atom stereocenters. The Morgan fingerprint density at radius 1 is 1.05 bits per heavy atom. The molecule has 0 saturated heterocycles. The maximum absolute atomic E-state index is 14.0.